The maximum absolute atomic E-state index is 10.1. The van der Waals surface area contributed by atoms with Crippen LogP contribution in [0.2, 0.25) is 0 Å². The first-order chi connectivity index (χ1) is 23.3. The zero-order valence-corrected chi connectivity index (χ0v) is 27.9. The second-order valence-corrected chi connectivity index (χ2v) is 10.5. The molecule has 0 radical (unpaired) electrons. The van der Waals surface area contributed by atoms with Crippen molar-refractivity contribution in [2.24, 2.45) is 0 Å². The zero-order chi connectivity index (χ0) is 35.2. The van der Waals surface area contributed by atoms with Crippen molar-refractivity contribution >= 4 is 29.3 Å². The third-order valence-electron chi connectivity index (χ3n) is 7.01. The molecule has 0 aromatic carbocycles. The van der Waals surface area contributed by atoms with E-state index in [0.29, 0.717) is 78.5 Å². The molecular weight excluding hydrogens is 644 g/mol. The molecule has 1 aliphatic heterocycles. The molecule has 0 bridgehead atoms. The van der Waals surface area contributed by atoms with Crippen LogP contribution in [0.5, 0.6) is 0 Å². The van der Waals surface area contributed by atoms with Gasteiger partial charge in [0.15, 0.2) is 0 Å². The van der Waals surface area contributed by atoms with Crippen LogP contribution >= 0.6 is 0 Å². The van der Waals surface area contributed by atoms with Crippen LogP contribution in [0.1, 0.15) is 0 Å². The molecular formula is C24H56B4N4O16. The van der Waals surface area contributed by atoms with Crippen LogP contribution in [-0.4, -0.2) is 247 Å². The van der Waals surface area contributed by atoms with Crippen LogP contribution in [0, 0.1) is 0 Å². The van der Waals surface area contributed by atoms with Crippen molar-refractivity contribution in [1.29, 1.82) is 0 Å². The highest BCUT2D eigenvalue weighted by Crippen LogP contribution is 1.98. The SMILES string of the molecule is OCCN1CCOB(O)OCCN(CCO)CCOB(O)OCCN(CCO)CCOB(O)OCCN(CCO)CCOB(O)OCC1. The van der Waals surface area contributed by atoms with Crippen molar-refractivity contribution in [3.8, 4) is 0 Å². The van der Waals surface area contributed by atoms with E-state index >= 15 is 0 Å². The Morgan fingerprint density at radius 3 is 0.583 bits per heavy atom. The van der Waals surface area contributed by atoms with Gasteiger partial charge in [-0.25, -0.2) is 0 Å². The van der Waals surface area contributed by atoms with Gasteiger partial charge in [-0.3, -0.25) is 19.6 Å². The van der Waals surface area contributed by atoms with Gasteiger partial charge in [-0.1, -0.05) is 0 Å². The van der Waals surface area contributed by atoms with Crippen molar-refractivity contribution < 1.29 is 77.8 Å². The molecule has 0 aromatic heterocycles. The highest BCUT2D eigenvalue weighted by Gasteiger charge is 2.22. The molecule has 1 rings (SSSR count). The fraction of sp³-hybridized carbons (Fsp3) is 1.00. The molecule has 1 fully saturated rings. The van der Waals surface area contributed by atoms with Gasteiger partial charge in [-0.05, 0) is 0 Å². The van der Waals surface area contributed by atoms with E-state index in [-0.39, 0.29) is 79.3 Å². The topological polar surface area (TPSA) is 249 Å². The first kappa shape index (κ1) is 45.5. The van der Waals surface area contributed by atoms with Gasteiger partial charge in [0.1, 0.15) is 0 Å². The van der Waals surface area contributed by atoms with Gasteiger partial charge in [0.25, 0.3) is 0 Å². The lowest BCUT2D eigenvalue weighted by Crippen LogP contribution is -2.39. The van der Waals surface area contributed by atoms with E-state index in [1.54, 1.807) is 19.6 Å². The first-order valence-electron chi connectivity index (χ1n) is 16.3. The van der Waals surface area contributed by atoms with E-state index in [1.807, 2.05) is 0 Å². The number of hydrogen-bond acceptors (Lipinski definition) is 20. The molecule has 24 heteroatoms. The first-order valence-corrected chi connectivity index (χ1v) is 16.3. The summed E-state index contributed by atoms with van der Waals surface area (Å²) in [6.45, 7) is 4.02. The summed E-state index contributed by atoms with van der Waals surface area (Å²) in [7, 11) is -5.99. The normalized spacial score (nSPS) is 22.0. The highest BCUT2D eigenvalue weighted by molar-refractivity contribution is 6.35. The van der Waals surface area contributed by atoms with E-state index in [1.165, 1.54) is 0 Å². The Hall–Kier alpha value is -0.540. The van der Waals surface area contributed by atoms with E-state index < -0.39 is 29.3 Å². The molecule has 0 saturated carbocycles. The largest absolute Gasteiger partial charge is 0.636 e. The van der Waals surface area contributed by atoms with Crippen molar-refractivity contribution in [2.75, 3.05) is 158 Å². The molecule has 0 atom stereocenters. The quantitative estimate of drug-likeness (QED) is 0.110. The van der Waals surface area contributed by atoms with E-state index in [9.17, 15) is 40.5 Å². The second kappa shape index (κ2) is 31.2. The maximum Gasteiger partial charge on any atom is 0.636 e. The summed E-state index contributed by atoms with van der Waals surface area (Å²) >= 11 is 0. The average Bonchev–Trinajstić information content (AvgIpc) is 3.04. The summed E-state index contributed by atoms with van der Waals surface area (Å²) < 4.78 is 42.4. The van der Waals surface area contributed by atoms with E-state index in [2.05, 4.69) is 0 Å². The molecule has 0 unspecified atom stereocenters. The Morgan fingerprint density at radius 2 is 0.458 bits per heavy atom. The van der Waals surface area contributed by atoms with Crippen molar-refractivity contribution in [3.63, 3.8) is 0 Å². The van der Waals surface area contributed by atoms with E-state index in [0.717, 1.165) is 0 Å². The predicted octanol–water partition coefficient (Wildman–Crippen LogP) is -6.78. The lowest BCUT2D eigenvalue weighted by atomic mass is 10.2. The Morgan fingerprint density at radius 1 is 0.312 bits per heavy atom. The van der Waals surface area contributed by atoms with Gasteiger partial charge in [0.2, 0.25) is 0 Å². The van der Waals surface area contributed by atoms with Gasteiger partial charge < -0.3 is 77.8 Å². The molecule has 0 aliphatic carbocycles. The second-order valence-electron chi connectivity index (χ2n) is 10.5. The molecule has 8 N–H and O–H groups in total. The smallest absolute Gasteiger partial charge is 0.402 e. The summed E-state index contributed by atoms with van der Waals surface area (Å²) in [6.07, 6.45) is 0. The number of β-amino-alcohol motifs (C(OH)–C–C–N with tert-alkyl or cyclic N) is 4. The van der Waals surface area contributed by atoms with Gasteiger partial charge in [-0.15, -0.1) is 0 Å². The number of hydrogen-bond donors (Lipinski definition) is 8. The van der Waals surface area contributed by atoms with Crippen LogP contribution in [-0.2, 0) is 37.2 Å². The van der Waals surface area contributed by atoms with Crippen LogP contribution < -0.4 is 0 Å². The molecule has 1 saturated heterocycles. The fourth-order valence-corrected chi connectivity index (χ4v) is 4.36. The standard InChI is InChI=1S/C24H56B4N4O16/c33-13-1-29-5-17-41-25(37)43-19-7-30(2-14-34)9-21-45-27(39)47-23-11-32(4-16-36)12-24-48-28(40)46-22-10-31(3-15-35)8-20-44-26(38)42-18-6-29/h33-40H,1-24H2. The van der Waals surface area contributed by atoms with Crippen molar-refractivity contribution in [2.45, 2.75) is 0 Å². The Kier molecular flexibility index (Phi) is 29.6. The minimum atomic E-state index is -1.50. The van der Waals surface area contributed by atoms with Gasteiger partial charge in [-0.2, -0.15) is 0 Å². The predicted molar refractivity (Wildman–Crippen MR) is 174 cm³/mol. The summed E-state index contributed by atoms with van der Waals surface area (Å²) in [6, 6.07) is 0. The van der Waals surface area contributed by atoms with Crippen molar-refractivity contribution in [1.82, 2.24) is 19.6 Å². The Balaban J connectivity index is 2.69. The third kappa shape index (κ3) is 25.4. The third-order valence-corrected chi connectivity index (χ3v) is 7.01. The summed E-state index contributed by atoms with van der Waals surface area (Å²) in [4.78, 5) is 7.20. The van der Waals surface area contributed by atoms with Gasteiger partial charge in [0, 0.05) is 131 Å². The highest BCUT2D eigenvalue weighted by atomic mass is 16.7. The molecule has 0 spiro atoms. The Labute approximate surface area is 284 Å². The molecule has 48 heavy (non-hydrogen) atoms. The molecule has 1 heterocycles. The average molecular weight is 700 g/mol. The molecule has 0 aromatic rings. The van der Waals surface area contributed by atoms with Crippen LogP contribution in [0.4, 0.5) is 0 Å². The van der Waals surface area contributed by atoms with Gasteiger partial charge >= 0.3 is 29.3 Å². The Bertz CT molecular complexity index is 576. The van der Waals surface area contributed by atoms with Crippen LogP contribution in [0.3, 0.4) is 0 Å². The molecule has 20 nitrogen and oxygen atoms in total. The maximum atomic E-state index is 10.1. The fourth-order valence-electron chi connectivity index (χ4n) is 4.36. The summed E-state index contributed by atoms with van der Waals surface area (Å²) in [5.41, 5.74) is 0. The number of nitrogens with zero attached hydrogens (tertiary/aromatic N) is 4. The summed E-state index contributed by atoms with van der Waals surface area (Å²) in [5.74, 6) is 0. The minimum Gasteiger partial charge on any atom is -0.402 e. The lowest BCUT2D eigenvalue weighted by molar-refractivity contribution is 0.0689. The molecule has 1 aliphatic rings. The monoisotopic (exact) mass is 700 g/mol. The number of rotatable bonds is 8. The zero-order valence-electron chi connectivity index (χ0n) is 27.9. The molecule has 280 valence electrons. The van der Waals surface area contributed by atoms with Gasteiger partial charge in [0.05, 0.1) is 26.4 Å². The lowest BCUT2D eigenvalue weighted by Gasteiger charge is -2.24. The van der Waals surface area contributed by atoms with Crippen LogP contribution in [0.15, 0.2) is 0 Å². The van der Waals surface area contributed by atoms with Crippen LogP contribution in [0.25, 0.3) is 0 Å². The van der Waals surface area contributed by atoms with E-state index in [4.69, 9.17) is 37.2 Å². The minimum absolute atomic E-state index is 0.0810. The molecule has 0 amide bonds. The number of aliphatic hydroxyl groups is 4. The summed E-state index contributed by atoms with van der Waals surface area (Å²) in [5, 5.41) is 77.7. The number of aliphatic hydroxyl groups excluding tert-OH is 4. The van der Waals surface area contributed by atoms with Crippen molar-refractivity contribution in [3.05, 3.63) is 0 Å².